The molecule has 20 heavy (non-hydrogen) atoms. The van der Waals surface area contributed by atoms with E-state index in [4.69, 9.17) is 14.9 Å². The van der Waals surface area contributed by atoms with E-state index >= 15 is 0 Å². The van der Waals surface area contributed by atoms with Crippen molar-refractivity contribution in [2.75, 3.05) is 6.61 Å². The van der Waals surface area contributed by atoms with E-state index in [-0.39, 0.29) is 18.5 Å². The van der Waals surface area contributed by atoms with E-state index in [2.05, 4.69) is 5.32 Å². The molecule has 5 heteroatoms. The van der Waals surface area contributed by atoms with Crippen molar-refractivity contribution in [2.24, 2.45) is 5.73 Å². The first kappa shape index (κ1) is 14.4. The van der Waals surface area contributed by atoms with Gasteiger partial charge in [0.1, 0.15) is 5.58 Å². The van der Waals surface area contributed by atoms with E-state index in [1.165, 1.54) is 0 Å². The van der Waals surface area contributed by atoms with E-state index in [9.17, 15) is 4.79 Å². The molecule has 1 amide bonds. The Kier molecular flexibility index (Phi) is 4.63. The largest absolute Gasteiger partial charge is 0.489 e. The van der Waals surface area contributed by atoms with Crippen molar-refractivity contribution < 1.29 is 13.9 Å². The van der Waals surface area contributed by atoms with Crippen LogP contribution in [-0.2, 0) is 11.3 Å². The summed E-state index contributed by atoms with van der Waals surface area (Å²) in [5, 5.41) is 3.71. The minimum Gasteiger partial charge on any atom is -0.489 e. The van der Waals surface area contributed by atoms with Crippen molar-refractivity contribution in [3.63, 3.8) is 0 Å². The number of fused-ring (bicyclic) bond motifs is 1. The maximum atomic E-state index is 11.6. The highest BCUT2D eigenvalue weighted by molar-refractivity contribution is 5.85. The number of para-hydroxylation sites is 1. The van der Waals surface area contributed by atoms with Gasteiger partial charge in [-0.2, -0.15) is 0 Å². The average Bonchev–Trinajstić information content (AvgIpc) is 2.76. The standard InChI is InChI=1S/C15H20N2O3/c1-10(2)17-14(18)7-8-19-15-11-5-3-4-6-12(11)20-13(15)9-16/h3-6,10H,7-9,16H2,1-2H3,(H,17,18). The van der Waals surface area contributed by atoms with Gasteiger partial charge in [0.2, 0.25) is 5.91 Å². The Bertz CT molecular complexity index is 590. The summed E-state index contributed by atoms with van der Waals surface area (Å²) in [6, 6.07) is 7.73. The first-order valence-corrected chi connectivity index (χ1v) is 6.74. The second kappa shape index (κ2) is 6.43. The topological polar surface area (TPSA) is 77.5 Å². The predicted octanol–water partition coefficient (Wildman–Crippen LogP) is 2.18. The van der Waals surface area contributed by atoms with Crippen LogP contribution in [0.25, 0.3) is 11.0 Å². The molecule has 2 rings (SSSR count). The van der Waals surface area contributed by atoms with Gasteiger partial charge in [-0.25, -0.2) is 0 Å². The van der Waals surface area contributed by atoms with E-state index in [1.54, 1.807) is 0 Å². The summed E-state index contributed by atoms with van der Waals surface area (Å²) in [4.78, 5) is 11.6. The minimum absolute atomic E-state index is 0.0258. The van der Waals surface area contributed by atoms with Crippen LogP contribution in [0, 0.1) is 0 Å². The number of hydrogen-bond donors (Lipinski definition) is 2. The summed E-state index contributed by atoms with van der Waals surface area (Å²) in [7, 11) is 0. The second-order valence-electron chi connectivity index (χ2n) is 4.88. The SMILES string of the molecule is CC(C)NC(=O)CCOc1c(CN)oc2ccccc12. The number of amides is 1. The van der Waals surface area contributed by atoms with Crippen molar-refractivity contribution in [1.29, 1.82) is 0 Å². The molecule has 2 aromatic rings. The zero-order valence-electron chi connectivity index (χ0n) is 11.8. The lowest BCUT2D eigenvalue weighted by Crippen LogP contribution is -2.31. The molecule has 0 atom stereocenters. The van der Waals surface area contributed by atoms with Gasteiger partial charge in [0.25, 0.3) is 0 Å². The smallest absolute Gasteiger partial charge is 0.223 e. The maximum absolute atomic E-state index is 11.6. The third-order valence-electron chi connectivity index (χ3n) is 2.83. The molecule has 5 nitrogen and oxygen atoms in total. The van der Waals surface area contributed by atoms with E-state index in [1.807, 2.05) is 38.1 Å². The van der Waals surface area contributed by atoms with Crippen LogP contribution in [-0.4, -0.2) is 18.6 Å². The van der Waals surface area contributed by atoms with Crippen molar-refractivity contribution in [3.05, 3.63) is 30.0 Å². The molecule has 1 aromatic carbocycles. The highest BCUT2D eigenvalue weighted by Crippen LogP contribution is 2.32. The summed E-state index contributed by atoms with van der Waals surface area (Å²) in [5.74, 6) is 1.22. The number of carbonyl (C=O) groups is 1. The Morgan fingerprint density at radius 3 is 2.85 bits per heavy atom. The molecule has 0 saturated carbocycles. The third-order valence-corrected chi connectivity index (χ3v) is 2.83. The number of benzene rings is 1. The monoisotopic (exact) mass is 276 g/mol. The lowest BCUT2D eigenvalue weighted by atomic mass is 10.2. The second-order valence-corrected chi connectivity index (χ2v) is 4.88. The Balaban J connectivity index is 2.04. The molecule has 0 bridgehead atoms. The molecule has 0 aliphatic carbocycles. The number of nitrogens with one attached hydrogen (secondary N) is 1. The number of furan rings is 1. The Morgan fingerprint density at radius 2 is 2.15 bits per heavy atom. The molecule has 1 heterocycles. The van der Waals surface area contributed by atoms with Gasteiger partial charge in [0, 0.05) is 6.04 Å². The van der Waals surface area contributed by atoms with Crippen LogP contribution in [0.3, 0.4) is 0 Å². The fraction of sp³-hybridized carbons (Fsp3) is 0.400. The molecule has 0 radical (unpaired) electrons. The molecule has 0 spiro atoms. The number of rotatable bonds is 6. The van der Waals surface area contributed by atoms with Crippen LogP contribution in [0.5, 0.6) is 5.75 Å². The van der Waals surface area contributed by atoms with Crippen LogP contribution in [0.1, 0.15) is 26.0 Å². The van der Waals surface area contributed by atoms with Crippen LogP contribution in [0.4, 0.5) is 0 Å². The Hall–Kier alpha value is -2.01. The van der Waals surface area contributed by atoms with E-state index in [0.29, 0.717) is 24.5 Å². The number of hydrogen-bond acceptors (Lipinski definition) is 4. The molecule has 0 aliphatic heterocycles. The summed E-state index contributed by atoms with van der Waals surface area (Å²) in [5.41, 5.74) is 6.40. The van der Waals surface area contributed by atoms with Gasteiger partial charge in [0.15, 0.2) is 11.5 Å². The summed E-state index contributed by atoms with van der Waals surface area (Å²) < 4.78 is 11.3. The van der Waals surface area contributed by atoms with Crippen molar-refractivity contribution in [2.45, 2.75) is 32.9 Å². The normalized spacial score (nSPS) is 11.0. The highest BCUT2D eigenvalue weighted by Gasteiger charge is 2.14. The van der Waals surface area contributed by atoms with Gasteiger partial charge >= 0.3 is 0 Å². The van der Waals surface area contributed by atoms with Gasteiger partial charge in [-0.15, -0.1) is 0 Å². The summed E-state index contributed by atoms with van der Waals surface area (Å²) >= 11 is 0. The Labute approximate surface area is 118 Å². The number of nitrogens with two attached hydrogens (primary N) is 1. The Morgan fingerprint density at radius 1 is 1.40 bits per heavy atom. The summed E-state index contributed by atoms with van der Waals surface area (Å²) in [6.45, 7) is 4.42. The molecule has 0 saturated heterocycles. The van der Waals surface area contributed by atoms with Crippen molar-refractivity contribution >= 4 is 16.9 Å². The molecular formula is C15H20N2O3. The molecule has 108 valence electrons. The fourth-order valence-corrected chi connectivity index (χ4v) is 2.01. The van der Waals surface area contributed by atoms with Crippen LogP contribution in [0.2, 0.25) is 0 Å². The number of ether oxygens (including phenoxy) is 1. The first-order chi connectivity index (χ1) is 9.61. The molecule has 0 aliphatic rings. The fourth-order valence-electron chi connectivity index (χ4n) is 2.01. The first-order valence-electron chi connectivity index (χ1n) is 6.74. The van der Waals surface area contributed by atoms with Crippen LogP contribution >= 0.6 is 0 Å². The van der Waals surface area contributed by atoms with Gasteiger partial charge < -0.3 is 20.2 Å². The molecular weight excluding hydrogens is 256 g/mol. The van der Waals surface area contributed by atoms with Gasteiger partial charge in [-0.1, -0.05) is 12.1 Å². The minimum atomic E-state index is -0.0258. The highest BCUT2D eigenvalue weighted by atomic mass is 16.5. The van der Waals surface area contributed by atoms with Crippen molar-refractivity contribution in [3.8, 4) is 5.75 Å². The van der Waals surface area contributed by atoms with Gasteiger partial charge in [-0.3, -0.25) is 4.79 Å². The number of carbonyl (C=O) groups excluding carboxylic acids is 1. The molecule has 0 fully saturated rings. The lowest BCUT2D eigenvalue weighted by Gasteiger charge is -2.09. The molecule has 3 N–H and O–H groups in total. The van der Waals surface area contributed by atoms with Crippen LogP contribution in [0.15, 0.2) is 28.7 Å². The van der Waals surface area contributed by atoms with Gasteiger partial charge in [-0.05, 0) is 26.0 Å². The van der Waals surface area contributed by atoms with E-state index in [0.717, 1.165) is 11.0 Å². The molecule has 0 unspecified atom stereocenters. The summed E-state index contributed by atoms with van der Waals surface area (Å²) in [6.07, 6.45) is 0.307. The average molecular weight is 276 g/mol. The van der Waals surface area contributed by atoms with Crippen molar-refractivity contribution in [1.82, 2.24) is 5.32 Å². The lowest BCUT2D eigenvalue weighted by molar-refractivity contribution is -0.122. The zero-order valence-corrected chi connectivity index (χ0v) is 11.8. The predicted molar refractivity (Wildman–Crippen MR) is 77.5 cm³/mol. The molecule has 1 aromatic heterocycles. The third kappa shape index (κ3) is 3.30. The van der Waals surface area contributed by atoms with E-state index < -0.39 is 0 Å². The quantitative estimate of drug-likeness (QED) is 0.847. The van der Waals surface area contributed by atoms with Crippen LogP contribution < -0.4 is 15.8 Å². The van der Waals surface area contributed by atoms with Gasteiger partial charge in [0.05, 0.1) is 25.0 Å². The zero-order chi connectivity index (χ0) is 14.5. The maximum Gasteiger partial charge on any atom is 0.223 e.